The molecule has 0 aliphatic rings. The van der Waals surface area contributed by atoms with Crippen molar-refractivity contribution in [3.05, 3.63) is 46.4 Å². The maximum absolute atomic E-state index is 6.06. The largest absolute Gasteiger partial charge is 0.497 e. The predicted octanol–water partition coefficient (Wildman–Crippen LogP) is 5.23. The van der Waals surface area contributed by atoms with Gasteiger partial charge in [-0.1, -0.05) is 35.0 Å². The summed E-state index contributed by atoms with van der Waals surface area (Å²) < 4.78 is 21.9. The smallest absolute Gasteiger partial charge is 0.276 e. The normalized spacial score (nSPS) is 10.7. The van der Waals surface area contributed by atoms with Crippen LogP contribution in [0.1, 0.15) is 0 Å². The Morgan fingerprint density at radius 1 is 1.00 bits per heavy atom. The van der Waals surface area contributed by atoms with E-state index in [0.717, 1.165) is 0 Å². The number of hydrogen-bond acceptors (Lipinski definition) is 7. The summed E-state index contributed by atoms with van der Waals surface area (Å²) in [5, 5.41) is 9.63. The van der Waals surface area contributed by atoms with Crippen molar-refractivity contribution in [3.8, 4) is 28.7 Å². The molecule has 27 heavy (non-hydrogen) atoms. The molecule has 142 valence electrons. The standard InChI is InChI=1S/C18H16Cl2N2O4S/c1-23-12-4-5-13(15(10-12)24-2)17-21-22-18(26-17)27-8-7-25-16-9-11(19)3-6-14(16)20/h3-6,9-10H,7-8H2,1-2H3. The van der Waals surface area contributed by atoms with Crippen molar-refractivity contribution in [2.75, 3.05) is 26.6 Å². The second-order valence-electron chi connectivity index (χ2n) is 5.21. The zero-order valence-electron chi connectivity index (χ0n) is 14.6. The summed E-state index contributed by atoms with van der Waals surface area (Å²) in [6.45, 7) is 0.411. The number of aromatic nitrogens is 2. The van der Waals surface area contributed by atoms with Crippen LogP contribution < -0.4 is 14.2 Å². The van der Waals surface area contributed by atoms with Crippen molar-refractivity contribution >= 4 is 35.0 Å². The fourth-order valence-electron chi connectivity index (χ4n) is 2.22. The average Bonchev–Trinajstić information content (AvgIpc) is 3.16. The minimum absolute atomic E-state index is 0.371. The van der Waals surface area contributed by atoms with E-state index in [1.54, 1.807) is 44.6 Å². The third kappa shape index (κ3) is 5.00. The molecule has 6 nitrogen and oxygen atoms in total. The molecule has 0 spiro atoms. The fraction of sp³-hybridized carbons (Fsp3) is 0.222. The molecular formula is C18H16Cl2N2O4S. The lowest BCUT2D eigenvalue weighted by molar-refractivity contribution is 0.343. The first kappa shape index (κ1) is 19.7. The molecule has 0 amide bonds. The van der Waals surface area contributed by atoms with Crippen molar-refractivity contribution in [1.29, 1.82) is 0 Å². The summed E-state index contributed by atoms with van der Waals surface area (Å²) >= 11 is 13.4. The third-order valence-corrected chi connectivity index (χ3v) is 4.84. The van der Waals surface area contributed by atoms with E-state index >= 15 is 0 Å². The fourth-order valence-corrected chi connectivity index (χ4v) is 3.13. The Bertz CT molecular complexity index is 920. The molecule has 0 N–H and O–H groups in total. The highest BCUT2D eigenvalue weighted by molar-refractivity contribution is 7.99. The minimum Gasteiger partial charge on any atom is -0.497 e. The number of methoxy groups -OCH3 is 2. The molecule has 3 aromatic rings. The molecule has 0 radical (unpaired) electrons. The van der Waals surface area contributed by atoms with E-state index in [2.05, 4.69) is 10.2 Å². The van der Waals surface area contributed by atoms with Crippen LogP contribution in [0.25, 0.3) is 11.5 Å². The van der Waals surface area contributed by atoms with E-state index in [1.807, 2.05) is 6.07 Å². The van der Waals surface area contributed by atoms with Crippen LogP contribution in [-0.4, -0.2) is 36.8 Å². The highest BCUT2D eigenvalue weighted by atomic mass is 35.5. The maximum Gasteiger partial charge on any atom is 0.276 e. The van der Waals surface area contributed by atoms with Crippen LogP contribution in [0.3, 0.4) is 0 Å². The molecule has 0 saturated heterocycles. The lowest BCUT2D eigenvalue weighted by Crippen LogP contribution is -2.00. The van der Waals surface area contributed by atoms with Gasteiger partial charge in [-0.05, 0) is 24.3 Å². The second kappa shape index (κ2) is 9.21. The topological polar surface area (TPSA) is 66.6 Å². The molecule has 3 rings (SSSR count). The number of halogens is 2. The first-order valence-corrected chi connectivity index (χ1v) is 9.61. The molecule has 0 fully saturated rings. The summed E-state index contributed by atoms with van der Waals surface area (Å²) in [7, 11) is 3.16. The van der Waals surface area contributed by atoms with Crippen LogP contribution in [-0.2, 0) is 0 Å². The summed E-state index contributed by atoms with van der Waals surface area (Å²) in [5.41, 5.74) is 0.694. The molecule has 0 aliphatic carbocycles. The predicted molar refractivity (Wildman–Crippen MR) is 106 cm³/mol. The van der Waals surface area contributed by atoms with Gasteiger partial charge in [-0.15, -0.1) is 10.2 Å². The van der Waals surface area contributed by atoms with Crippen LogP contribution in [0, 0.1) is 0 Å². The zero-order chi connectivity index (χ0) is 19.2. The molecule has 2 aromatic carbocycles. The Kier molecular flexibility index (Phi) is 6.71. The van der Waals surface area contributed by atoms with E-state index in [0.29, 0.717) is 56.3 Å². The van der Waals surface area contributed by atoms with E-state index in [9.17, 15) is 0 Å². The number of ether oxygens (including phenoxy) is 3. The highest BCUT2D eigenvalue weighted by Gasteiger charge is 2.15. The monoisotopic (exact) mass is 426 g/mol. The van der Waals surface area contributed by atoms with Crippen molar-refractivity contribution in [2.45, 2.75) is 5.22 Å². The molecule has 0 aliphatic heterocycles. The summed E-state index contributed by atoms with van der Waals surface area (Å²) in [4.78, 5) is 0. The number of hydrogen-bond donors (Lipinski definition) is 0. The molecule has 1 aromatic heterocycles. The minimum atomic E-state index is 0.371. The van der Waals surface area contributed by atoms with Gasteiger partial charge in [0, 0.05) is 22.9 Å². The Morgan fingerprint density at radius 2 is 1.85 bits per heavy atom. The molecule has 1 heterocycles. The van der Waals surface area contributed by atoms with Gasteiger partial charge in [0.05, 0.1) is 31.4 Å². The highest BCUT2D eigenvalue weighted by Crippen LogP contribution is 2.34. The number of benzene rings is 2. The van der Waals surface area contributed by atoms with Crippen LogP contribution in [0.4, 0.5) is 0 Å². The quantitative estimate of drug-likeness (QED) is 0.360. The first-order valence-electron chi connectivity index (χ1n) is 7.87. The maximum atomic E-state index is 6.06. The molecule has 0 atom stereocenters. The van der Waals surface area contributed by atoms with Gasteiger partial charge in [-0.2, -0.15) is 0 Å². The van der Waals surface area contributed by atoms with Gasteiger partial charge in [-0.25, -0.2) is 0 Å². The van der Waals surface area contributed by atoms with Crippen molar-refractivity contribution in [3.63, 3.8) is 0 Å². The Morgan fingerprint density at radius 3 is 2.63 bits per heavy atom. The molecular weight excluding hydrogens is 411 g/mol. The summed E-state index contributed by atoms with van der Waals surface area (Å²) in [6.07, 6.45) is 0. The van der Waals surface area contributed by atoms with Crippen LogP contribution in [0.2, 0.25) is 10.0 Å². The van der Waals surface area contributed by atoms with E-state index in [4.69, 9.17) is 41.8 Å². The van der Waals surface area contributed by atoms with Crippen molar-refractivity contribution < 1.29 is 18.6 Å². The Hall–Kier alpha value is -2.09. The lowest BCUT2D eigenvalue weighted by atomic mass is 10.2. The van der Waals surface area contributed by atoms with Gasteiger partial charge in [0.25, 0.3) is 11.1 Å². The van der Waals surface area contributed by atoms with E-state index in [-0.39, 0.29) is 0 Å². The summed E-state index contributed by atoms with van der Waals surface area (Å²) in [6, 6.07) is 10.4. The second-order valence-corrected chi connectivity index (χ2v) is 7.10. The van der Waals surface area contributed by atoms with Gasteiger partial charge in [0.15, 0.2) is 0 Å². The molecule has 9 heteroatoms. The van der Waals surface area contributed by atoms with Crippen molar-refractivity contribution in [1.82, 2.24) is 10.2 Å². The third-order valence-electron chi connectivity index (χ3n) is 3.51. The Labute approximate surface area is 170 Å². The number of thioether (sulfide) groups is 1. The van der Waals surface area contributed by atoms with E-state index in [1.165, 1.54) is 11.8 Å². The van der Waals surface area contributed by atoms with Gasteiger partial charge in [-0.3, -0.25) is 0 Å². The number of nitrogens with zero attached hydrogens (tertiary/aromatic N) is 2. The lowest BCUT2D eigenvalue weighted by Gasteiger charge is -2.07. The van der Waals surface area contributed by atoms with Gasteiger partial charge in [0.1, 0.15) is 17.2 Å². The van der Waals surface area contributed by atoms with Crippen LogP contribution in [0.5, 0.6) is 17.2 Å². The van der Waals surface area contributed by atoms with Crippen molar-refractivity contribution in [2.24, 2.45) is 0 Å². The molecule has 0 saturated carbocycles. The van der Waals surface area contributed by atoms with E-state index < -0.39 is 0 Å². The summed E-state index contributed by atoms with van der Waals surface area (Å²) in [5.74, 6) is 2.79. The number of rotatable bonds is 8. The zero-order valence-corrected chi connectivity index (χ0v) is 16.9. The van der Waals surface area contributed by atoms with Gasteiger partial charge >= 0.3 is 0 Å². The SMILES string of the molecule is COc1ccc(-c2nnc(SCCOc3cc(Cl)ccc3Cl)o2)c(OC)c1. The van der Waals surface area contributed by atoms with Crippen LogP contribution >= 0.6 is 35.0 Å². The molecule has 0 bridgehead atoms. The average molecular weight is 427 g/mol. The Balaban J connectivity index is 1.59. The first-order chi connectivity index (χ1) is 13.1. The molecule has 0 unspecified atom stereocenters. The van der Waals surface area contributed by atoms with Gasteiger partial charge < -0.3 is 18.6 Å². The van der Waals surface area contributed by atoms with Gasteiger partial charge in [0.2, 0.25) is 0 Å². The van der Waals surface area contributed by atoms with Crippen LogP contribution in [0.15, 0.2) is 46.0 Å².